The number of hydrogen-bond acceptors (Lipinski definition) is 4. The van der Waals surface area contributed by atoms with Crippen LogP contribution in [0.5, 0.6) is 0 Å². The molecule has 0 unspecified atom stereocenters. The van der Waals surface area contributed by atoms with Gasteiger partial charge in [-0.3, -0.25) is 9.59 Å². The average molecular weight is 455 g/mol. The Morgan fingerprint density at radius 2 is 1.79 bits per heavy atom. The van der Waals surface area contributed by atoms with Gasteiger partial charge in [-0.1, -0.05) is 37.5 Å². The zero-order valence-corrected chi connectivity index (χ0v) is 19.6. The molecule has 1 aromatic heterocycles. The molecule has 3 rings (SSSR count). The summed E-state index contributed by atoms with van der Waals surface area (Å²) in [6, 6.07) is 10.2. The standard InChI is InChI=1S/C25H34N4O4/c1-16(2)28-25(32)27-15-17-8-7-11-19(14-17)20-12-13-21(33-20)23(30)29-22(24(31)26-3)18-9-5-4-6-10-18/h7-8,11-14,16,18,22H,4-6,9-10,15H2,1-3H3,(H,26,31)(H,29,30)(H2,27,28,32)/t22-/m0/s1. The topological polar surface area (TPSA) is 112 Å². The Kier molecular flexibility index (Phi) is 8.52. The van der Waals surface area contributed by atoms with Crippen LogP contribution in [0.2, 0.25) is 0 Å². The van der Waals surface area contributed by atoms with Gasteiger partial charge in [0.25, 0.3) is 5.91 Å². The minimum absolute atomic E-state index is 0.0603. The van der Waals surface area contributed by atoms with E-state index >= 15 is 0 Å². The van der Waals surface area contributed by atoms with Crippen LogP contribution in [0.4, 0.5) is 4.79 Å². The molecule has 1 aliphatic carbocycles. The maximum Gasteiger partial charge on any atom is 0.315 e. The van der Waals surface area contributed by atoms with E-state index < -0.39 is 11.9 Å². The summed E-state index contributed by atoms with van der Waals surface area (Å²) in [6.45, 7) is 4.17. The largest absolute Gasteiger partial charge is 0.451 e. The summed E-state index contributed by atoms with van der Waals surface area (Å²) < 4.78 is 5.82. The summed E-state index contributed by atoms with van der Waals surface area (Å²) in [5.41, 5.74) is 1.71. The van der Waals surface area contributed by atoms with Gasteiger partial charge in [0.15, 0.2) is 5.76 Å². The fourth-order valence-electron chi connectivity index (χ4n) is 4.18. The van der Waals surface area contributed by atoms with Crippen molar-refractivity contribution in [2.45, 2.75) is 64.6 Å². The predicted octanol–water partition coefficient (Wildman–Crippen LogP) is 3.58. The number of likely N-dealkylation sites (N-methyl/N-ethyl adjacent to an activating group) is 1. The lowest BCUT2D eigenvalue weighted by atomic mass is 9.83. The second-order valence-corrected chi connectivity index (χ2v) is 8.81. The summed E-state index contributed by atoms with van der Waals surface area (Å²) in [5, 5.41) is 11.2. The highest BCUT2D eigenvalue weighted by Crippen LogP contribution is 2.27. The lowest BCUT2D eigenvalue weighted by molar-refractivity contribution is -0.124. The molecule has 1 saturated carbocycles. The molecule has 0 saturated heterocycles. The first-order valence-corrected chi connectivity index (χ1v) is 11.6. The van der Waals surface area contributed by atoms with Gasteiger partial charge in [0.1, 0.15) is 11.8 Å². The van der Waals surface area contributed by atoms with Gasteiger partial charge >= 0.3 is 6.03 Å². The fraction of sp³-hybridized carbons (Fsp3) is 0.480. The van der Waals surface area contributed by atoms with Gasteiger partial charge in [-0.15, -0.1) is 0 Å². The Morgan fingerprint density at radius 1 is 1.03 bits per heavy atom. The monoisotopic (exact) mass is 454 g/mol. The third-order valence-corrected chi connectivity index (χ3v) is 5.85. The van der Waals surface area contributed by atoms with Crippen LogP contribution in [0.1, 0.15) is 62.1 Å². The summed E-state index contributed by atoms with van der Waals surface area (Å²) in [4.78, 5) is 37.1. The number of amides is 4. The highest BCUT2D eigenvalue weighted by Gasteiger charge is 2.31. The number of rotatable bonds is 8. The van der Waals surface area contributed by atoms with Crippen molar-refractivity contribution in [3.8, 4) is 11.3 Å². The molecule has 1 aliphatic rings. The van der Waals surface area contributed by atoms with Crippen molar-refractivity contribution >= 4 is 17.8 Å². The molecular weight excluding hydrogens is 420 g/mol. The lowest BCUT2D eigenvalue weighted by Gasteiger charge is -2.29. The SMILES string of the molecule is CNC(=O)[C@@H](NC(=O)c1ccc(-c2cccc(CNC(=O)NC(C)C)c2)o1)C1CCCCC1. The zero-order valence-electron chi connectivity index (χ0n) is 19.6. The van der Waals surface area contributed by atoms with E-state index in [9.17, 15) is 14.4 Å². The van der Waals surface area contributed by atoms with Crippen LogP contribution >= 0.6 is 0 Å². The van der Waals surface area contributed by atoms with E-state index in [1.807, 2.05) is 38.1 Å². The molecule has 2 aromatic rings. The molecule has 0 radical (unpaired) electrons. The van der Waals surface area contributed by atoms with Crippen molar-refractivity contribution in [1.82, 2.24) is 21.3 Å². The Hall–Kier alpha value is -3.29. The van der Waals surface area contributed by atoms with E-state index in [1.165, 1.54) is 6.42 Å². The van der Waals surface area contributed by atoms with Crippen molar-refractivity contribution in [2.75, 3.05) is 7.05 Å². The molecule has 1 heterocycles. The summed E-state index contributed by atoms with van der Waals surface area (Å²) in [7, 11) is 1.59. The smallest absolute Gasteiger partial charge is 0.315 e. The van der Waals surface area contributed by atoms with Crippen molar-refractivity contribution in [2.24, 2.45) is 5.92 Å². The van der Waals surface area contributed by atoms with E-state index in [0.717, 1.165) is 36.8 Å². The van der Waals surface area contributed by atoms with Gasteiger partial charge < -0.3 is 25.7 Å². The van der Waals surface area contributed by atoms with E-state index in [1.54, 1.807) is 19.2 Å². The fourth-order valence-corrected chi connectivity index (χ4v) is 4.18. The molecule has 33 heavy (non-hydrogen) atoms. The van der Waals surface area contributed by atoms with Gasteiger partial charge in [-0.25, -0.2) is 4.79 Å². The maximum atomic E-state index is 12.9. The molecule has 1 atom stereocenters. The molecular formula is C25H34N4O4. The van der Waals surface area contributed by atoms with Crippen LogP contribution in [0.25, 0.3) is 11.3 Å². The van der Waals surface area contributed by atoms with E-state index in [0.29, 0.717) is 12.3 Å². The van der Waals surface area contributed by atoms with Crippen LogP contribution in [-0.2, 0) is 11.3 Å². The third-order valence-electron chi connectivity index (χ3n) is 5.85. The Bertz CT molecular complexity index is 963. The molecule has 8 heteroatoms. The van der Waals surface area contributed by atoms with Crippen molar-refractivity contribution in [1.29, 1.82) is 0 Å². The van der Waals surface area contributed by atoms with Crippen molar-refractivity contribution in [3.05, 3.63) is 47.7 Å². The molecule has 4 N–H and O–H groups in total. The second-order valence-electron chi connectivity index (χ2n) is 8.81. The van der Waals surface area contributed by atoms with E-state index in [2.05, 4.69) is 21.3 Å². The van der Waals surface area contributed by atoms with Gasteiger partial charge in [-0.05, 0) is 56.4 Å². The number of nitrogens with one attached hydrogen (secondary N) is 4. The molecule has 4 amide bonds. The molecule has 0 aliphatic heterocycles. The highest BCUT2D eigenvalue weighted by atomic mass is 16.4. The minimum atomic E-state index is -0.567. The lowest BCUT2D eigenvalue weighted by Crippen LogP contribution is -2.50. The molecule has 0 bridgehead atoms. The van der Waals surface area contributed by atoms with Gasteiger partial charge in [0, 0.05) is 25.2 Å². The first-order chi connectivity index (χ1) is 15.9. The van der Waals surface area contributed by atoms with Crippen molar-refractivity contribution in [3.63, 3.8) is 0 Å². The first kappa shape index (κ1) is 24.4. The van der Waals surface area contributed by atoms with Crippen LogP contribution in [0.15, 0.2) is 40.8 Å². The number of carbonyl (C=O) groups excluding carboxylic acids is 3. The van der Waals surface area contributed by atoms with Crippen LogP contribution in [0, 0.1) is 5.92 Å². The number of benzene rings is 1. The zero-order chi connectivity index (χ0) is 23.8. The molecule has 0 spiro atoms. The summed E-state index contributed by atoms with van der Waals surface area (Å²) >= 11 is 0. The highest BCUT2D eigenvalue weighted by molar-refractivity contribution is 5.96. The summed E-state index contributed by atoms with van der Waals surface area (Å²) in [5.74, 6) is 0.263. The molecule has 1 aromatic carbocycles. The average Bonchev–Trinajstić information content (AvgIpc) is 3.31. The first-order valence-electron chi connectivity index (χ1n) is 11.6. The van der Waals surface area contributed by atoms with Gasteiger partial charge in [0.05, 0.1) is 0 Å². The van der Waals surface area contributed by atoms with Crippen LogP contribution < -0.4 is 21.3 Å². The maximum absolute atomic E-state index is 12.9. The van der Waals surface area contributed by atoms with Crippen LogP contribution in [0.3, 0.4) is 0 Å². The number of urea groups is 1. The van der Waals surface area contributed by atoms with Crippen LogP contribution in [-0.4, -0.2) is 37.0 Å². The molecule has 8 nitrogen and oxygen atoms in total. The second kappa shape index (κ2) is 11.5. The normalized spacial score (nSPS) is 15.0. The van der Waals surface area contributed by atoms with E-state index in [-0.39, 0.29) is 29.7 Å². The number of carbonyl (C=O) groups is 3. The predicted molar refractivity (Wildman–Crippen MR) is 127 cm³/mol. The number of hydrogen-bond donors (Lipinski definition) is 4. The van der Waals surface area contributed by atoms with Crippen molar-refractivity contribution < 1.29 is 18.8 Å². The van der Waals surface area contributed by atoms with E-state index in [4.69, 9.17) is 4.42 Å². The molecule has 1 fully saturated rings. The third kappa shape index (κ3) is 6.84. The Balaban J connectivity index is 1.66. The summed E-state index contributed by atoms with van der Waals surface area (Å²) in [6.07, 6.45) is 5.17. The Labute approximate surface area is 194 Å². The molecule has 178 valence electrons. The minimum Gasteiger partial charge on any atom is -0.451 e. The van der Waals surface area contributed by atoms with Gasteiger partial charge in [0.2, 0.25) is 5.91 Å². The Morgan fingerprint density at radius 3 is 2.48 bits per heavy atom. The number of furan rings is 1. The van der Waals surface area contributed by atoms with Gasteiger partial charge in [-0.2, -0.15) is 0 Å². The quantitative estimate of drug-likeness (QED) is 0.488.